The van der Waals surface area contributed by atoms with Gasteiger partial charge in [-0.15, -0.1) is 5.10 Å². The van der Waals surface area contributed by atoms with E-state index < -0.39 is 16.8 Å². The quantitative estimate of drug-likeness (QED) is 0.802. The highest BCUT2D eigenvalue weighted by molar-refractivity contribution is 5.65. The topological polar surface area (TPSA) is 29.0 Å². The molecule has 2 spiro atoms. The van der Waals surface area contributed by atoms with Crippen molar-refractivity contribution in [3.05, 3.63) is 42.6 Å². The van der Waals surface area contributed by atoms with Gasteiger partial charge in [0, 0.05) is 29.5 Å². The predicted molar refractivity (Wildman–Crippen MR) is 92.6 cm³/mol. The molecule has 5 heteroatoms. The highest BCUT2D eigenvalue weighted by atomic mass is 19.3. The third-order valence-corrected chi connectivity index (χ3v) is 6.95. The van der Waals surface area contributed by atoms with E-state index in [0.717, 1.165) is 23.4 Å². The Morgan fingerprint density at radius 2 is 1.56 bits per heavy atom. The molecular formula is C20H21F2N3. The molecule has 130 valence electrons. The van der Waals surface area contributed by atoms with Crippen LogP contribution in [0.4, 0.5) is 14.6 Å². The summed E-state index contributed by atoms with van der Waals surface area (Å²) in [6.07, 6.45) is 5.27. The smallest absolute Gasteiger partial charge is 0.260 e. The van der Waals surface area contributed by atoms with Gasteiger partial charge in [0.05, 0.1) is 6.20 Å². The Morgan fingerprint density at radius 1 is 0.880 bits per heavy atom. The number of nitrogens with zero attached hydrogens (tertiary/aromatic N) is 3. The first-order valence-electron chi connectivity index (χ1n) is 9.11. The van der Waals surface area contributed by atoms with Crippen molar-refractivity contribution in [2.45, 2.75) is 38.0 Å². The maximum absolute atomic E-state index is 14.5. The third kappa shape index (κ3) is 1.84. The molecule has 0 radical (unpaired) electrons. The molecule has 1 aromatic heterocycles. The average Bonchev–Trinajstić information content (AvgIpc) is 3.05. The second-order valence-electron chi connectivity index (χ2n) is 7.75. The van der Waals surface area contributed by atoms with Crippen molar-refractivity contribution in [3.63, 3.8) is 0 Å². The lowest BCUT2D eigenvalue weighted by molar-refractivity contribution is 0.0203. The molecule has 2 heterocycles. The fourth-order valence-corrected chi connectivity index (χ4v) is 5.27. The number of piperidine rings is 1. The molecule has 3 fully saturated rings. The van der Waals surface area contributed by atoms with E-state index in [4.69, 9.17) is 0 Å². The van der Waals surface area contributed by atoms with E-state index in [1.807, 2.05) is 36.4 Å². The Labute approximate surface area is 146 Å². The number of aromatic nitrogens is 2. The summed E-state index contributed by atoms with van der Waals surface area (Å²) in [7, 11) is 0. The Morgan fingerprint density at radius 3 is 2.16 bits per heavy atom. The first kappa shape index (κ1) is 15.2. The number of anilines is 1. The number of alkyl halides is 2. The molecule has 2 aromatic rings. The first-order chi connectivity index (χ1) is 12.1. The van der Waals surface area contributed by atoms with Crippen LogP contribution in [0.3, 0.4) is 0 Å². The van der Waals surface area contributed by atoms with Crippen LogP contribution in [0.25, 0.3) is 11.1 Å². The summed E-state index contributed by atoms with van der Waals surface area (Å²) in [6, 6.07) is 12.1. The molecule has 1 aliphatic heterocycles. The Bertz CT molecular complexity index is 794. The van der Waals surface area contributed by atoms with Crippen LogP contribution in [0.1, 0.15) is 32.1 Å². The molecular weight excluding hydrogens is 320 g/mol. The minimum atomic E-state index is -2.46. The zero-order valence-electron chi connectivity index (χ0n) is 14.1. The molecule has 1 saturated heterocycles. The van der Waals surface area contributed by atoms with Crippen LogP contribution in [0, 0.1) is 10.8 Å². The molecule has 2 aliphatic carbocycles. The summed E-state index contributed by atoms with van der Waals surface area (Å²) in [5, 5.41) is 8.38. The van der Waals surface area contributed by atoms with Crippen LogP contribution in [-0.2, 0) is 0 Å². The molecule has 0 bridgehead atoms. The molecule has 1 aromatic carbocycles. The van der Waals surface area contributed by atoms with Crippen molar-refractivity contribution >= 4 is 5.82 Å². The predicted octanol–water partition coefficient (Wildman–Crippen LogP) is 4.55. The van der Waals surface area contributed by atoms with Crippen molar-refractivity contribution in [2.24, 2.45) is 10.8 Å². The number of rotatable bonds is 2. The van der Waals surface area contributed by atoms with Crippen LogP contribution in [0.2, 0.25) is 0 Å². The van der Waals surface area contributed by atoms with Gasteiger partial charge in [-0.1, -0.05) is 36.8 Å². The maximum atomic E-state index is 14.5. The minimum absolute atomic E-state index is 0.567. The maximum Gasteiger partial charge on any atom is 0.260 e. The number of fused-ring (bicyclic) bond motifs is 1. The van der Waals surface area contributed by atoms with Gasteiger partial charge < -0.3 is 4.90 Å². The second kappa shape index (κ2) is 4.99. The fraction of sp³-hybridized carbons (Fsp3) is 0.500. The molecule has 0 amide bonds. The number of hydrogen-bond donors (Lipinski definition) is 0. The lowest BCUT2D eigenvalue weighted by atomic mass is 9.72. The standard InChI is InChI=1S/C20H21F2N3/c21-20(22)18(7-4-8-18)19(20)9-11-25(12-10-19)17-13-16(14-23-24-17)15-5-2-1-3-6-15/h1-3,5-6,13-14H,4,7-12H2. The summed E-state index contributed by atoms with van der Waals surface area (Å²) in [5.41, 5.74) is 0.704. The minimum Gasteiger partial charge on any atom is -0.355 e. The van der Waals surface area contributed by atoms with Crippen molar-refractivity contribution < 1.29 is 8.78 Å². The SMILES string of the molecule is FC1(F)C2(CCC2)C12CCN(c1cc(-c3ccccc3)cnn1)CC2. The van der Waals surface area contributed by atoms with Crippen molar-refractivity contribution in [2.75, 3.05) is 18.0 Å². The number of benzene rings is 1. The van der Waals surface area contributed by atoms with E-state index in [2.05, 4.69) is 15.1 Å². The van der Waals surface area contributed by atoms with Gasteiger partial charge >= 0.3 is 0 Å². The van der Waals surface area contributed by atoms with Crippen LogP contribution >= 0.6 is 0 Å². The van der Waals surface area contributed by atoms with Crippen LogP contribution < -0.4 is 4.90 Å². The molecule has 0 atom stereocenters. The molecule has 0 N–H and O–H groups in total. The van der Waals surface area contributed by atoms with Gasteiger partial charge in [0.1, 0.15) is 0 Å². The monoisotopic (exact) mass is 341 g/mol. The zero-order chi connectivity index (χ0) is 17.1. The molecule has 2 saturated carbocycles. The lowest BCUT2D eigenvalue weighted by Crippen LogP contribution is -2.38. The summed E-state index contributed by atoms with van der Waals surface area (Å²) in [4.78, 5) is 2.12. The van der Waals surface area contributed by atoms with Gasteiger partial charge in [-0.25, -0.2) is 8.78 Å². The zero-order valence-corrected chi connectivity index (χ0v) is 14.1. The van der Waals surface area contributed by atoms with E-state index in [0.29, 0.717) is 38.8 Å². The van der Waals surface area contributed by atoms with Crippen LogP contribution in [-0.4, -0.2) is 29.2 Å². The van der Waals surface area contributed by atoms with E-state index in [1.54, 1.807) is 6.20 Å². The number of hydrogen-bond acceptors (Lipinski definition) is 3. The summed E-state index contributed by atoms with van der Waals surface area (Å²) in [6.45, 7) is 1.29. The van der Waals surface area contributed by atoms with Gasteiger partial charge in [-0.3, -0.25) is 0 Å². The molecule has 3 aliphatic rings. The normalized spacial score (nSPS) is 25.0. The van der Waals surface area contributed by atoms with Crippen LogP contribution in [0.15, 0.2) is 42.6 Å². The largest absolute Gasteiger partial charge is 0.355 e. The van der Waals surface area contributed by atoms with E-state index in [1.165, 1.54) is 0 Å². The van der Waals surface area contributed by atoms with Gasteiger partial charge in [0.2, 0.25) is 0 Å². The van der Waals surface area contributed by atoms with Crippen molar-refractivity contribution in [3.8, 4) is 11.1 Å². The molecule has 0 unspecified atom stereocenters. The summed E-state index contributed by atoms with van der Waals surface area (Å²) in [5.74, 6) is -1.66. The van der Waals surface area contributed by atoms with E-state index in [9.17, 15) is 8.78 Å². The van der Waals surface area contributed by atoms with E-state index in [-0.39, 0.29) is 0 Å². The third-order valence-electron chi connectivity index (χ3n) is 6.95. The van der Waals surface area contributed by atoms with Gasteiger partial charge in [0.25, 0.3) is 5.92 Å². The molecule has 5 rings (SSSR count). The summed E-state index contributed by atoms with van der Waals surface area (Å²) < 4.78 is 29.1. The fourth-order valence-electron chi connectivity index (χ4n) is 5.27. The van der Waals surface area contributed by atoms with Gasteiger partial charge in [-0.05, 0) is 37.3 Å². The second-order valence-corrected chi connectivity index (χ2v) is 7.75. The Kier molecular flexibility index (Phi) is 3.04. The van der Waals surface area contributed by atoms with Crippen molar-refractivity contribution in [1.29, 1.82) is 0 Å². The first-order valence-corrected chi connectivity index (χ1v) is 9.11. The van der Waals surface area contributed by atoms with Crippen LogP contribution in [0.5, 0.6) is 0 Å². The summed E-state index contributed by atoms with van der Waals surface area (Å²) >= 11 is 0. The number of halogens is 2. The highest BCUT2D eigenvalue weighted by Crippen LogP contribution is 2.85. The lowest BCUT2D eigenvalue weighted by Gasteiger charge is -2.37. The van der Waals surface area contributed by atoms with Gasteiger partial charge in [-0.2, -0.15) is 5.10 Å². The molecule has 3 nitrogen and oxygen atoms in total. The highest BCUT2D eigenvalue weighted by Gasteiger charge is 2.91. The average molecular weight is 341 g/mol. The Hall–Kier alpha value is -2.04. The van der Waals surface area contributed by atoms with E-state index >= 15 is 0 Å². The van der Waals surface area contributed by atoms with Crippen molar-refractivity contribution in [1.82, 2.24) is 10.2 Å². The molecule has 25 heavy (non-hydrogen) atoms. The Balaban J connectivity index is 1.35. The van der Waals surface area contributed by atoms with Gasteiger partial charge in [0.15, 0.2) is 5.82 Å².